The van der Waals surface area contributed by atoms with Crippen molar-refractivity contribution in [2.75, 3.05) is 7.11 Å². The second-order valence-corrected chi connectivity index (χ2v) is 8.65. The van der Waals surface area contributed by atoms with E-state index in [0.29, 0.717) is 11.1 Å². The van der Waals surface area contributed by atoms with E-state index in [0.717, 1.165) is 12.2 Å². The average molecular weight is 532 g/mol. The molecule has 1 aliphatic carbocycles. The van der Waals surface area contributed by atoms with Gasteiger partial charge in [0.25, 0.3) is 0 Å². The lowest BCUT2D eigenvalue weighted by Gasteiger charge is -2.41. The topological polar surface area (TPSA) is 203 Å². The number of phenolic OH excluding ortho intramolecular Hbond substituents is 3. The van der Waals surface area contributed by atoms with Gasteiger partial charge in [-0.2, -0.15) is 0 Å². The van der Waals surface area contributed by atoms with Crippen LogP contribution in [0.3, 0.4) is 0 Å². The first kappa shape index (κ1) is 28.5. The maximum absolute atomic E-state index is 12.5. The van der Waals surface area contributed by atoms with Crippen LogP contribution in [0, 0.1) is 0 Å². The number of carboxylic acids is 1. The van der Waals surface area contributed by atoms with Crippen molar-refractivity contribution in [3.05, 3.63) is 59.7 Å². The summed E-state index contributed by atoms with van der Waals surface area (Å²) in [5.74, 6) is -3.21. The third kappa shape index (κ3) is 7.01. The molecule has 1 fully saturated rings. The van der Waals surface area contributed by atoms with Crippen LogP contribution in [0.2, 0.25) is 0 Å². The number of carbonyl (C=O) groups excluding carboxylic acids is 1. The molecular formula is C26H28O12. The number of aliphatic carboxylic acids is 1. The van der Waals surface area contributed by atoms with Crippen LogP contribution in [0.25, 0.3) is 12.2 Å². The number of aromatic hydroxyl groups is 3. The highest BCUT2D eigenvalue weighted by atomic mass is 16.6. The van der Waals surface area contributed by atoms with Crippen molar-refractivity contribution in [3.63, 3.8) is 0 Å². The number of esters is 1. The Labute approximate surface area is 216 Å². The normalized spacial score (nSPS) is 24.4. The molecule has 0 bridgehead atoms. The maximum atomic E-state index is 12.5. The van der Waals surface area contributed by atoms with E-state index in [1.165, 1.54) is 55.7 Å². The summed E-state index contributed by atoms with van der Waals surface area (Å²) in [4.78, 5) is 24.1. The van der Waals surface area contributed by atoms with Gasteiger partial charge in [-0.05, 0) is 47.5 Å². The van der Waals surface area contributed by atoms with Gasteiger partial charge in [-0.25, -0.2) is 9.59 Å². The van der Waals surface area contributed by atoms with E-state index in [2.05, 4.69) is 0 Å². The highest BCUT2D eigenvalue weighted by Gasteiger charge is 2.51. The van der Waals surface area contributed by atoms with E-state index in [1.807, 2.05) is 0 Å². The first-order chi connectivity index (χ1) is 17.9. The van der Waals surface area contributed by atoms with E-state index >= 15 is 0 Å². The summed E-state index contributed by atoms with van der Waals surface area (Å²) >= 11 is 0. The van der Waals surface area contributed by atoms with Gasteiger partial charge in [0.2, 0.25) is 0 Å². The maximum Gasteiger partial charge on any atom is 0.335 e. The number of phenols is 3. The van der Waals surface area contributed by atoms with Gasteiger partial charge < -0.3 is 50.0 Å². The third-order valence-electron chi connectivity index (χ3n) is 5.86. The summed E-state index contributed by atoms with van der Waals surface area (Å²) in [5.41, 5.74) is -1.54. The van der Waals surface area contributed by atoms with Crippen molar-refractivity contribution in [1.82, 2.24) is 0 Å². The molecule has 12 heteroatoms. The molecule has 2 aromatic rings. The lowest BCUT2D eigenvalue weighted by molar-refractivity contribution is -0.224. The van der Waals surface area contributed by atoms with Crippen LogP contribution in [-0.2, 0) is 19.1 Å². The minimum atomic E-state index is -2.41. The van der Waals surface area contributed by atoms with Crippen molar-refractivity contribution in [1.29, 1.82) is 0 Å². The summed E-state index contributed by atoms with van der Waals surface area (Å²) < 4.78 is 15.7. The summed E-state index contributed by atoms with van der Waals surface area (Å²) in [5, 5.41) is 69.4. The van der Waals surface area contributed by atoms with E-state index in [1.54, 1.807) is 0 Å². The fraction of sp³-hybridized carbons (Fsp3) is 0.308. The van der Waals surface area contributed by atoms with Crippen molar-refractivity contribution < 1.29 is 59.5 Å². The molecule has 5 atom stereocenters. The highest BCUT2D eigenvalue weighted by Crippen LogP contribution is 2.34. The van der Waals surface area contributed by atoms with Crippen molar-refractivity contribution in [3.8, 4) is 23.0 Å². The van der Waals surface area contributed by atoms with Gasteiger partial charge >= 0.3 is 11.9 Å². The number of aliphatic hydroxyl groups is 3. The van der Waals surface area contributed by atoms with Crippen LogP contribution in [0.15, 0.2) is 48.6 Å². The molecule has 204 valence electrons. The molecule has 0 aromatic heterocycles. The van der Waals surface area contributed by atoms with E-state index in [9.17, 15) is 45.3 Å². The Bertz CT molecular complexity index is 1220. The molecule has 12 nitrogen and oxygen atoms in total. The number of aliphatic hydroxyl groups excluding tert-OH is 2. The third-order valence-corrected chi connectivity index (χ3v) is 5.86. The Hall–Kier alpha value is -4.10. The van der Waals surface area contributed by atoms with Gasteiger partial charge in [0.1, 0.15) is 6.10 Å². The zero-order valence-corrected chi connectivity index (χ0v) is 20.2. The standard InChI is InChI=1S/C26H28O12/c1-36-20-11-15(3-7-17(20)28)5-9-23(32)38-24-19(30)12-26(35,25(33)34)13-21(24)37-22(31)8-4-14-2-6-16(27)18(29)10-14/h2-11,19,21-22,24,27-31,35H,12-13H2,1H3,(H,33,34)/b8-4+,9-5+/t19?,21?,22?,24-,26+/m0/s1. The second-order valence-electron chi connectivity index (χ2n) is 8.65. The molecule has 1 saturated carbocycles. The molecular weight excluding hydrogens is 504 g/mol. The molecule has 38 heavy (non-hydrogen) atoms. The van der Waals surface area contributed by atoms with Gasteiger partial charge in [0.05, 0.1) is 13.2 Å². The van der Waals surface area contributed by atoms with Crippen LogP contribution < -0.4 is 4.74 Å². The van der Waals surface area contributed by atoms with Crippen molar-refractivity contribution >= 4 is 24.1 Å². The van der Waals surface area contributed by atoms with E-state index < -0.39 is 60.7 Å². The van der Waals surface area contributed by atoms with Gasteiger partial charge in [0, 0.05) is 18.9 Å². The Morgan fingerprint density at radius 1 is 1.00 bits per heavy atom. The fourth-order valence-electron chi connectivity index (χ4n) is 3.89. The molecule has 0 heterocycles. The van der Waals surface area contributed by atoms with Gasteiger partial charge in [-0.3, -0.25) is 0 Å². The summed E-state index contributed by atoms with van der Waals surface area (Å²) in [6.45, 7) is 0. The largest absolute Gasteiger partial charge is 0.504 e. The SMILES string of the molecule is COc1cc(/C=C/C(=O)O[C@H]2C(O)C[C@](O)(C(=O)O)CC2OC(O)/C=C/c2ccc(O)c(O)c2)ccc1O. The van der Waals surface area contributed by atoms with Crippen LogP contribution in [0.4, 0.5) is 0 Å². The second kappa shape index (κ2) is 12.0. The van der Waals surface area contributed by atoms with Crippen LogP contribution in [0.1, 0.15) is 24.0 Å². The van der Waals surface area contributed by atoms with Crippen molar-refractivity contribution in [2.24, 2.45) is 0 Å². The number of methoxy groups -OCH3 is 1. The fourth-order valence-corrected chi connectivity index (χ4v) is 3.89. The monoisotopic (exact) mass is 532 g/mol. The summed E-state index contributed by atoms with van der Waals surface area (Å²) in [6.07, 6.45) is -2.63. The lowest BCUT2D eigenvalue weighted by atomic mass is 9.79. The quantitative estimate of drug-likeness (QED) is 0.105. The Morgan fingerprint density at radius 2 is 1.66 bits per heavy atom. The minimum absolute atomic E-state index is 0.0988. The number of carboxylic acid groups (broad SMARTS) is 1. The molecule has 1 aliphatic rings. The van der Waals surface area contributed by atoms with Crippen LogP contribution in [0.5, 0.6) is 23.0 Å². The molecule has 0 amide bonds. The minimum Gasteiger partial charge on any atom is -0.504 e. The Morgan fingerprint density at radius 3 is 2.29 bits per heavy atom. The number of benzene rings is 2. The van der Waals surface area contributed by atoms with Gasteiger partial charge in [-0.15, -0.1) is 0 Å². The first-order valence-corrected chi connectivity index (χ1v) is 11.3. The molecule has 3 rings (SSSR count). The molecule has 0 spiro atoms. The highest BCUT2D eigenvalue weighted by molar-refractivity contribution is 5.87. The molecule has 0 aliphatic heterocycles. The van der Waals surface area contributed by atoms with Gasteiger partial charge in [-0.1, -0.05) is 18.2 Å². The van der Waals surface area contributed by atoms with Crippen LogP contribution in [-0.4, -0.2) is 85.0 Å². The summed E-state index contributed by atoms with van der Waals surface area (Å²) in [7, 11) is 1.36. The zero-order valence-electron chi connectivity index (χ0n) is 20.2. The Balaban J connectivity index is 1.75. The molecule has 0 saturated heterocycles. The number of hydrogen-bond acceptors (Lipinski definition) is 11. The van der Waals surface area contributed by atoms with E-state index in [4.69, 9.17) is 14.2 Å². The summed E-state index contributed by atoms with van der Waals surface area (Å²) in [6, 6.07) is 8.21. The number of carbonyl (C=O) groups is 2. The van der Waals surface area contributed by atoms with Crippen LogP contribution >= 0.6 is 0 Å². The van der Waals surface area contributed by atoms with E-state index in [-0.39, 0.29) is 17.2 Å². The molecule has 7 N–H and O–H groups in total. The predicted octanol–water partition coefficient (Wildman–Crippen LogP) is 1.12. The molecule has 3 unspecified atom stereocenters. The molecule has 2 aromatic carbocycles. The average Bonchev–Trinajstić information content (AvgIpc) is 2.86. The zero-order chi connectivity index (χ0) is 28.0. The number of ether oxygens (including phenoxy) is 3. The first-order valence-electron chi connectivity index (χ1n) is 11.3. The Kier molecular flexibility index (Phi) is 8.96. The number of rotatable bonds is 9. The smallest absolute Gasteiger partial charge is 0.335 e. The molecule has 0 radical (unpaired) electrons. The van der Waals surface area contributed by atoms with Gasteiger partial charge in [0.15, 0.2) is 41.0 Å². The predicted molar refractivity (Wildman–Crippen MR) is 131 cm³/mol. The lowest BCUT2D eigenvalue weighted by Crippen LogP contribution is -2.58. The van der Waals surface area contributed by atoms with Crippen molar-refractivity contribution in [2.45, 2.75) is 43.0 Å². The number of hydrogen-bond donors (Lipinski definition) is 7.